The first-order valence-corrected chi connectivity index (χ1v) is 3.73. The Hall–Kier alpha value is 0.360. The lowest BCUT2D eigenvalue weighted by molar-refractivity contribution is -0.148. The first-order chi connectivity index (χ1) is 4.20. The van der Waals surface area contributed by atoms with Crippen LogP contribution in [0.15, 0.2) is 0 Å². The van der Waals surface area contributed by atoms with E-state index in [0.717, 1.165) is 0 Å². The van der Waals surface area contributed by atoms with Crippen molar-refractivity contribution in [3.05, 3.63) is 0 Å². The fourth-order valence-electron chi connectivity index (χ4n) is 0.736. The van der Waals surface area contributed by atoms with Gasteiger partial charge in [0.15, 0.2) is 6.29 Å². The molecule has 0 bridgehead atoms. The van der Waals surface area contributed by atoms with Crippen LogP contribution >= 0.6 is 15.9 Å². The summed E-state index contributed by atoms with van der Waals surface area (Å²) in [6.45, 7) is 0.377. The van der Waals surface area contributed by atoms with E-state index in [1.807, 2.05) is 0 Å². The second kappa shape index (κ2) is 2.96. The van der Waals surface area contributed by atoms with Crippen LogP contribution in [-0.2, 0) is 4.74 Å². The zero-order valence-electron chi connectivity index (χ0n) is 4.83. The van der Waals surface area contributed by atoms with Crippen molar-refractivity contribution in [3.63, 3.8) is 0 Å². The molecule has 1 aliphatic heterocycles. The Morgan fingerprint density at radius 1 is 1.44 bits per heavy atom. The number of aliphatic hydroxyl groups is 2. The third-order valence-electron chi connectivity index (χ3n) is 1.31. The minimum atomic E-state index is -0.784. The molecule has 0 aromatic rings. The molecule has 3 atom stereocenters. The molecule has 2 N–H and O–H groups in total. The van der Waals surface area contributed by atoms with Crippen molar-refractivity contribution in [3.8, 4) is 0 Å². The quantitative estimate of drug-likeness (QED) is 0.531. The fourth-order valence-corrected chi connectivity index (χ4v) is 1.10. The van der Waals surface area contributed by atoms with E-state index in [0.29, 0.717) is 13.0 Å². The summed E-state index contributed by atoms with van der Waals surface area (Å²) in [5, 5.41) is 17.9. The maximum absolute atomic E-state index is 9.06. The molecule has 0 spiro atoms. The van der Waals surface area contributed by atoms with Crippen LogP contribution in [0.25, 0.3) is 0 Å². The Morgan fingerprint density at radius 2 is 2.11 bits per heavy atom. The topological polar surface area (TPSA) is 49.7 Å². The second-order valence-electron chi connectivity index (χ2n) is 2.11. The van der Waals surface area contributed by atoms with E-state index in [-0.39, 0.29) is 4.83 Å². The first-order valence-electron chi connectivity index (χ1n) is 2.82. The highest BCUT2D eigenvalue weighted by molar-refractivity contribution is 9.09. The molecule has 4 heteroatoms. The van der Waals surface area contributed by atoms with E-state index < -0.39 is 12.4 Å². The standard InChI is InChI=1S/C5H9BrO3/c6-3-2-9-5(8)1-4(3)7/h3-5,7-8H,1-2H2. The molecule has 1 fully saturated rings. The van der Waals surface area contributed by atoms with Crippen LogP contribution in [0, 0.1) is 0 Å². The van der Waals surface area contributed by atoms with Gasteiger partial charge in [0.2, 0.25) is 0 Å². The monoisotopic (exact) mass is 196 g/mol. The highest BCUT2D eigenvalue weighted by Crippen LogP contribution is 2.17. The number of ether oxygens (including phenoxy) is 1. The number of hydrogen-bond donors (Lipinski definition) is 2. The Morgan fingerprint density at radius 3 is 2.56 bits per heavy atom. The van der Waals surface area contributed by atoms with E-state index in [2.05, 4.69) is 15.9 Å². The molecule has 0 saturated carbocycles. The van der Waals surface area contributed by atoms with E-state index in [1.54, 1.807) is 0 Å². The minimum absolute atomic E-state index is 0.0269. The molecule has 1 heterocycles. The second-order valence-corrected chi connectivity index (χ2v) is 3.28. The third-order valence-corrected chi connectivity index (χ3v) is 2.18. The molecule has 0 radical (unpaired) electrons. The van der Waals surface area contributed by atoms with Gasteiger partial charge in [0.25, 0.3) is 0 Å². The predicted octanol–water partition coefficient (Wildman–Crippen LogP) is -0.151. The van der Waals surface area contributed by atoms with E-state index in [4.69, 9.17) is 14.9 Å². The Balaban J connectivity index is 2.35. The summed E-state index contributed by atoms with van der Waals surface area (Å²) in [6.07, 6.45) is -0.960. The van der Waals surface area contributed by atoms with Gasteiger partial charge in [-0.15, -0.1) is 0 Å². The molecule has 3 nitrogen and oxygen atoms in total. The summed E-state index contributed by atoms with van der Waals surface area (Å²) in [5.41, 5.74) is 0. The molecule has 0 aromatic heterocycles. The average Bonchev–Trinajstić information content (AvgIpc) is 1.80. The van der Waals surface area contributed by atoms with E-state index in [1.165, 1.54) is 0 Å². The molecular formula is C5H9BrO3. The molecule has 1 rings (SSSR count). The molecular weight excluding hydrogens is 188 g/mol. The highest BCUT2D eigenvalue weighted by Gasteiger charge is 2.26. The van der Waals surface area contributed by atoms with Crippen LogP contribution in [-0.4, -0.2) is 34.0 Å². The van der Waals surface area contributed by atoms with Crippen molar-refractivity contribution >= 4 is 15.9 Å². The summed E-state index contributed by atoms with van der Waals surface area (Å²) >= 11 is 3.19. The number of aliphatic hydroxyl groups excluding tert-OH is 2. The van der Waals surface area contributed by atoms with E-state index in [9.17, 15) is 0 Å². The minimum Gasteiger partial charge on any atom is -0.392 e. The smallest absolute Gasteiger partial charge is 0.157 e. The summed E-state index contributed by atoms with van der Waals surface area (Å²) < 4.78 is 4.81. The van der Waals surface area contributed by atoms with Gasteiger partial charge in [0.1, 0.15) is 0 Å². The zero-order chi connectivity index (χ0) is 6.85. The highest BCUT2D eigenvalue weighted by atomic mass is 79.9. The van der Waals surface area contributed by atoms with Crippen LogP contribution in [0.5, 0.6) is 0 Å². The number of hydrogen-bond acceptors (Lipinski definition) is 3. The predicted molar refractivity (Wildman–Crippen MR) is 35.3 cm³/mol. The fraction of sp³-hybridized carbons (Fsp3) is 1.00. The van der Waals surface area contributed by atoms with Crippen molar-refractivity contribution in [1.29, 1.82) is 0 Å². The zero-order valence-corrected chi connectivity index (χ0v) is 6.41. The summed E-state index contributed by atoms with van der Waals surface area (Å²) in [6, 6.07) is 0. The maximum atomic E-state index is 9.06. The van der Waals surface area contributed by atoms with Crippen LogP contribution in [0.1, 0.15) is 6.42 Å². The summed E-state index contributed by atoms with van der Waals surface area (Å²) in [7, 11) is 0. The molecule has 0 amide bonds. The number of halogens is 1. The van der Waals surface area contributed by atoms with Crippen molar-refractivity contribution < 1.29 is 14.9 Å². The van der Waals surface area contributed by atoms with Crippen LogP contribution < -0.4 is 0 Å². The third kappa shape index (κ3) is 1.89. The largest absolute Gasteiger partial charge is 0.392 e. The SMILES string of the molecule is OC1CC(O)C(Br)CO1. The maximum Gasteiger partial charge on any atom is 0.157 e. The van der Waals surface area contributed by atoms with Crippen molar-refractivity contribution in [2.24, 2.45) is 0 Å². The van der Waals surface area contributed by atoms with Gasteiger partial charge in [-0.05, 0) is 0 Å². The summed E-state index contributed by atoms with van der Waals surface area (Å²) in [4.78, 5) is -0.0269. The molecule has 1 saturated heterocycles. The number of alkyl halides is 1. The first kappa shape index (κ1) is 7.47. The lowest BCUT2D eigenvalue weighted by Crippen LogP contribution is -2.37. The van der Waals surface area contributed by atoms with E-state index >= 15 is 0 Å². The van der Waals surface area contributed by atoms with Crippen molar-refractivity contribution in [1.82, 2.24) is 0 Å². The van der Waals surface area contributed by atoms with Gasteiger partial charge in [-0.25, -0.2) is 0 Å². The Kier molecular flexibility index (Phi) is 2.46. The van der Waals surface area contributed by atoms with Gasteiger partial charge in [-0.1, -0.05) is 15.9 Å². The van der Waals surface area contributed by atoms with Gasteiger partial charge in [-0.2, -0.15) is 0 Å². The Labute approximate surface area is 61.8 Å². The Bertz CT molecular complexity index is 98.2. The average molecular weight is 197 g/mol. The van der Waals surface area contributed by atoms with Gasteiger partial charge >= 0.3 is 0 Å². The van der Waals surface area contributed by atoms with Crippen LogP contribution in [0.2, 0.25) is 0 Å². The van der Waals surface area contributed by atoms with Gasteiger partial charge < -0.3 is 14.9 Å². The lowest BCUT2D eigenvalue weighted by Gasteiger charge is -2.26. The van der Waals surface area contributed by atoms with Gasteiger partial charge in [-0.3, -0.25) is 0 Å². The summed E-state index contributed by atoms with van der Waals surface area (Å²) in [5.74, 6) is 0. The van der Waals surface area contributed by atoms with Crippen LogP contribution in [0.4, 0.5) is 0 Å². The van der Waals surface area contributed by atoms with Gasteiger partial charge in [0, 0.05) is 6.42 Å². The lowest BCUT2D eigenvalue weighted by atomic mass is 10.1. The van der Waals surface area contributed by atoms with Crippen LogP contribution in [0.3, 0.4) is 0 Å². The molecule has 3 unspecified atom stereocenters. The molecule has 9 heavy (non-hydrogen) atoms. The number of rotatable bonds is 0. The molecule has 54 valence electrons. The van der Waals surface area contributed by atoms with Crippen molar-refractivity contribution in [2.45, 2.75) is 23.6 Å². The molecule has 0 aromatic carbocycles. The molecule has 1 aliphatic rings. The molecule has 0 aliphatic carbocycles. The normalized spacial score (nSPS) is 45.0. The van der Waals surface area contributed by atoms with Crippen molar-refractivity contribution in [2.75, 3.05) is 6.61 Å². The van der Waals surface area contributed by atoms with Gasteiger partial charge in [0.05, 0.1) is 17.5 Å².